The van der Waals surface area contributed by atoms with Gasteiger partial charge in [0.05, 0.1) is 18.9 Å². The van der Waals surface area contributed by atoms with Crippen LogP contribution in [-0.4, -0.2) is 56.7 Å². The number of hydrogen-bond donors (Lipinski definition) is 3. The predicted molar refractivity (Wildman–Crippen MR) is 128 cm³/mol. The summed E-state index contributed by atoms with van der Waals surface area (Å²) in [5.74, 6) is -0.653. The van der Waals surface area contributed by atoms with Crippen molar-refractivity contribution in [3.05, 3.63) is 69.0 Å². The van der Waals surface area contributed by atoms with E-state index >= 15 is 4.39 Å². The van der Waals surface area contributed by atoms with Gasteiger partial charge < -0.3 is 19.1 Å². The summed E-state index contributed by atoms with van der Waals surface area (Å²) in [6.07, 6.45) is -4.80. The van der Waals surface area contributed by atoms with Gasteiger partial charge in [0.1, 0.15) is 18.2 Å². The number of benzene rings is 1. The second kappa shape index (κ2) is 11.4. The molecular formula is C22H28ClFN3O8P. The fourth-order valence-corrected chi connectivity index (χ4v) is 5.88. The van der Waals surface area contributed by atoms with Crippen molar-refractivity contribution >= 4 is 25.1 Å². The molecule has 0 spiro atoms. The van der Waals surface area contributed by atoms with Crippen molar-refractivity contribution in [2.45, 2.75) is 62.6 Å². The van der Waals surface area contributed by atoms with Crippen molar-refractivity contribution in [1.82, 2.24) is 14.6 Å². The molecule has 1 aliphatic rings. The van der Waals surface area contributed by atoms with Crippen LogP contribution in [-0.2, 0) is 29.5 Å². The first-order valence-corrected chi connectivity index (χ1v) is 13.3. The first-order chi connectivity index (χ1) is 16.8. The molecule has 0 amide bonds. The molecule has 0 saturated carbocycles. The lowest BCUT2D eigenvalue weighted by molar-refractivity contribution is -0.149. The fourth-order valence-electron chi connectivity index (χ4n) is 3.55. The number of carbonyl (C=O) groups is 1. The van der Waals surface area contributed by atoms with Gasteiger partial charge in [-0.1, -0.05) is 41.9 Å². The van der Waals surface area contributed by atoms with Gasteiger partial charge >= 0.3 is 11.7 Å². The monoisotopic (exact) mass is 547 g/mol. The molecule has 0 aliphatic carbocycles. The minimum Gasteiger partial charge on any atom is -0.462 e. The SMILES string of the molecule is CC(C)OC(=O)[C@H](C)NP(=O)(Cc1ccccc1)OCC1OC(n2ccc(=O)[nH]c2=O)C(F)(Cl)C1O. The normalized spacial score (nSPS) is 26.5. The van der Waals surface area contributed by atoms with Crippen LogP contribution in [0.5, 0.6) is 0 Å². The molecule has 0 radical (unpaired) electrons. The third-order valence-corrected chi connectivity index (χ3v) is 7.80. The van der Waals surface area contributed by atoms with Crippen LogP contribution in [0.25, 0.3) is 0 Å². The summed E-state index contributed by atoms with van der Waals surface area (Å²) in [5.41, 5.74) is -1.09. The zero-order valence-corrected chi connectivity index (χ0v) is 21.4. The number of aromatic amines is 1. The van der Waals surface area contributed by atoms with Crippen LogP contribution in [0.1, 0.15) is 32.6 Å². The number of hydrogen-bond acceptors (Lipinski definition) is 8. The summed E-state index contributed by atoms with van der Waals surface area (Å²) < 4.78 is 45.9. The fraction of sp³-hybridized carbons (Fsp3) is 0.500. The Hall–Kier alpha value is -2.34. The van der Waals surface area contributed by atoms with E-state index in [0.29, 0.717) is 10.1 Å². The zero-order chi connectivity index (χ0) is 26.7. The van der Waals surface area contributed by atoms with Gasteiger partial charge in [-0.3, -0.25) is 23.7 Å². The van der Waals surface area contributed by atoms with E-state index in [2.05, 4.69) is 5.09 Å². The maximum absolute atomic E-state index is 15.2. The second-order valence-electron chi connectivity index (χ2n) is 8.61. The number of ether oxygens (including phenoxy) is 2. The summed E-state index contributed by atoms with van der Waals surface area (Å²) in [6, 6.07) is 8.60. The quantitative estimate of drug-likeness (QED) is 0.231. The third-order valence-electron chi connectivity index (χ3n) is 5.26. The maximum atomic E-state index is 15.2. The highest BCUT2D eigenvalue weighted by atomic mass is 35.5. The average Bonchev–Trinajstić information content (AvgIpc) is 3.01. The van der Waals surface area contributed by atoms with Crippen LogP contribution >= 0.6 is 19.1 Å². The Labute approximate surface area is 211 Å². The van der Waals surface area contributed by atoms with Crippen molar-refractivity contribution in [3.63, 3.8) is 0 Å². The molecular weight excluding hydrogens is 520 g/mol. The first kappa shape index (κ1) is 28.2. The molecule has 1 saturated heterocycles. The van der Waals surface area contributed by atoms with Gasteiger partial charge in [0, 0.05) is 12.3 Å². The Morgan fingerprint density at radius 1 is 1.31 bits per heavy atom. The van der Waals surface area contributed by atoms with Crippen molar-refractivity contribution in [3.8, 4) is 0 Å². The summed E-state index contributed by atoms with van der Waals surface area (Å²) in [7, 11) is -3.85. The number of rotatable bonds is 10. The lowest BCUT2D eigenvalue weighted by Crippen LogP contribution is -2.42. The van der Waals surface area contributed by atoms with Crippen molar-refractivity contribution < 1.29 is 32.9 Å². The topological polar surface area (TPSA) is 149 Å². The molecule has 1 aromatic carbocycles. The first-order valence-electron chi connectivity index (χ1n) is 11.1. The number of aliphatic hydroxyl groups excluding tert-OH is 1. The molecule has 1 aromatic heterocycles. The van der Waals surface area contributed by atoms with E-state index in [0.717, 1.165) is 12.3 Å². The summed E-state index contributed by atoms with van der Waals surface area (Å²) in [5, 5.41) is 10.2. The number of halogens is 2. The molecule has 2 aromatic rings. The van der Waals surface area contributed by atoms with Crippen LogP contribution in [0, 0.1) is 0 Å². The van der Waals surface area contributed by atoms with E-state index in [1.54, 1.807) is 44.2 Å². The average molecular weight is 548 g/mol. The number of H-pyrrole nitrogens is 1. The second-order valence-corrected chi connectivity index (χ2v) is 11.4. The molecule has 2 heterocycles. The van der Waals surface area contributed by atoms with Gasteiger partial charge in [-0.25, -0.2) is 14.3 Å². The highest BCUT2D eigenvalue weighted by Gasteiger charge is 2.58. The minimum atomic E-state index is -3.85. The smallest absolute Gasteiger partial charge is 0.330 e. The number of alkyl halides is 2. The molecule has 1 fully saturated rings. The molecule has 0 bridgehead atoms. The van der Waals surface area contributed by atoms with Crippen LogP contribution in [0.3, 0.4) is 0 Å². The Kier molecular flexibility index (Phi) is 8.92. The Morgan fingerprint density at radius 2 is 1.97 bits per heavy atom. The molecule has 11 nitrogen and oxygen atoms in total. The number of esters is 1. The van der Waals surface area contributed by atoms with Crippen molar-refractivity contribution in [2.24, 2.45) is 0 Å². The van der Waals surface area contributed by atoms with Gasteiger partial charge in [0.2, 0.25) is 0 Å². The molecule has 3 rings (SSSR count). The molecule has 5 unspecified atom stereocenters. The van der Waals surface area contributed by atoms with E-state index in [1.165, 1.54) is 6.92 Å². The maximum Gasteiger partial charge on any atom is 0.330 e. The lowest BCUT2D eigenvalue weighted by Gasteiger charge is -2.25. The molecule has 1 aliphatic heterocycles. The zero-order valence-electron chi connectivity index (χ0n) is 19.8. The summed E-state index contributed by atoms with van der Waals surface area (Å²) in [4.78, 5) is 37.7. The van der Waals surface area contributed by atoms with Gasteiger partial charge in [-0.2, -0.15) is 0 Å². The largest absolute Gasteiger partial charge is 0.462 e. The van der Waals surface area contributed by atoms with Crippen LogP contribution in [0.2, 0.25) is 0 Å². The third kappa shape index (κ3) is 6.70. The summed E-state index contributed by atoms with van der Waals surface area (Å²) in [6.45, 7) is 4.19. The van der Waals surface area contributed by atoms with Crippen molar-refractivity contribution in [2.75, 3.05) is 6.61 Å². The Morgan fingerprint density at radius 3 is 2.58 bits per heavy atom. The number of nitrogens with zero attached hydrogens (tertiary/aromatic N) is 1. The van der Waals surface area contributed by atoms with E-state index in [-0.39, 0.29) is 6.16 Å². The highest BCUT2D eigenvalue weighted by molar-refractivity contribution is 7.56. The predicted octanol–water partition coefficient (Wildman–Crippen LogP) is 2.04. The van der Waals surface area contributed by atoms with Crippen molar-refractivity contribution in [1.29, 1.82) is 0 Å². The van der Waals surface area contributed by atoms with Crippen LogP contribution in [0.15, 0.2) is 52.2 Å². The van der Waals surface area contributed by atoms with Crippen LogP contribution < -0.4 is 16.3 Å². The standard InChI is InChI=1S/C22H28ClFN3O8P/c1-13(2)34-19(30)14(3)26-36(32,12-15-7-5-4-6-8-15)33-11-16-18(29)22(23,24)20(35-16)27-10-9-17(28)25-21(27)31/h4-10,13-14,16,18,20,29H,11-12H2,1-3H3,(H,26,32)(H,25,28,31)/t14-,16?,18?,20?,22?,36?/m0/s1. The molecule has 198 valence electrons. The van der Waals surface area contributed by atoms with Gasteiger partial charge in [-0.05, 0) is 26.3 Å². The lowest BCUT2D eigenvalue weighted by atomic mass is 10.1. The number of aromatic nitrogens is 2. The van der Waals surface area contributed by atoms with E-state index < -0.39 is 67.1 Å². The van der Waals surface area contributed by atoms with E-state index in [4.69, 9.17) is 25.6 Å². The van der Waals surface area contributed by atoms with E-state index in [1.807, 2.05) is 4.98 Å². The highest BCUT2D eigenvalue weighted by Crippen LogP contribution is 2.49. The van der Waals surface area contributed by atoms with Gasteiger partial charge in [0.15, 0.2) is 6.23 Å². The number of carbonyl (C=O) groups excluding carboxylic acids is 1. The van der Waals surface area contributed by atoms with E-state index in [9.17, 15) is 24.1 Å². The molecule has 36 heavy (non-hydrogen) atoms. The minimum absolute atomic E-state index is 0.138. The van der Waals surface area contributed by atoms with Gasteiger partial charge in [-0.15, -0.1) is 0 Å². The van der Waals surface area contributed by atoms with Crippen LogP contribution in [0.4, 0.5) is 4.39 Å². The number of aliphatic hydroxyl groups is 1. The Bertz CT molecular complexity index is 1220. The Balaban J connectivity index is 1.80. The molecule has 14 heteroatoms. The number of nitrogens with one attached hydrogen (secondary N) is 2. The van der Waals surface area contributed by atoms with Gasteiger partial charge in [0.25, 0.3) is 18.2 Å². The summed E-state index contributed by atoms with van der Waals surface area (Å²) >= 11 is 5.88. The molecule has 3 N–H and O–H groups in total. The molecule has 6 atom stereocenters.